The van der Waals surface area contributed by atoms with Gasteiger partial charge in [-0.25, -0.2) is 9.56 Å². The monoisotopic (exact) mass is 221 g/mol. The summed E-state index contributed by atoms with van der Waals surface area (Å²) in [6.07, 6.45) is 1.57. The van der Waals surface area contributed by atoms with E-state index in [1.54, 1.807) is 6.92 Å². The molecule has 0 saturated carbocycles. The fraction of sp³-hybridized carbons (Fsp3) is 0.750. The van der Waals surface area contributed by atoms with Gasteiger partial charge in [0.25, 0.3) is 0 Å². The molecule has 0 heterocycles. The van der Waals surface area contributed by atoms with Crippen LogP contribution in [0.3, 0.4) is 0 Å². The highest BCUT2D eigenvalue weighted by atomic mass is 31.2. The van der Waals surface area contributed by atoms with Crippen LogP contribution in [-0.2, 0) is 18.6 Å². The Morgan fingerprint density at radius 3 is 2.50 bits per heavy atom. The molecule has 14 heavy (non-hydrogen) atoms. The highest BCUT2D eigenvalue weighted by Crippen LogP contribution is 2.53. The highest BCUT2D eigenvalue weighted by Gasteiger charge is 2.27. The summed E-state index contributed by atoms with van der Waals surface area (Å²) in [6, 6.07) is 0. The van der Waals surface area contributed by atoms with Gasteiger partial charge in [-0.2, -0.15) is 0 Å². The summed E-state index contributed by atoms with van der Waals surface area (Å²) < 4.78 is 24.7. The molecule has 2 atom stereocenters. The van der Waals surface area contributed by atoms with Gasteiger partial charge >= 0.3 is 13.5 Å². The second kappa shape index (κ2) is 5.94. The molecule has 2 unspecified atom stereocenters. The Balaban J connectivity index is 4.64. The molecule has 0 radical (unpaired) electrons. The average Bonchev–Trinajstić information content (AvgIpc) is 2.23. The number of hydrogen-bond donors (Lipinski definition) is 0. The fourth-order valence-corrected chi connectivity index (χ4v) is 2.15. The van der Waals surface area contributed by atoms with Crippen molar-refractivity contribution in [3.05, 3.63) is 0 Å². The van der Waals surface area contributed by atoms with Crippen LogP contribution in [0, 0.1) is 0 Å². The third-order valence-corrected chi connectivity index (χ3v) is 4.37. The topological polar surface area (TPSA) is 65.0 Å². The van der Waals surface area contributed by atoms with E-state index in [9.17, 15) is 9.36 Å². The lowest BCUT2D eigenvalue weighted by Crippen LogP contribution is -2.05. The summed E-state index contributed by atoms with van der Waals surface area (Å²) in [7, 11) is -0.537. The Morgan fingerprint density at radius 2 is 2.14 bits per heavy atom. The largest absolute Gasteiger partial charge is 0.465 e. The SMILES string of the molecule is CCC(C)P(=O)(N=CC(=O)OC)OC. The number of carbonyl (C=O) groups is 1. The van der Waals surface area contributed by atoms with Gasteiger partial charge in [0.05, 0.1) is 12.8 Å². The zero-order valence-corrected chi connectivity index (χ0v) is 9.78. The molecule has 0 rings (SSSR count). The molecule has 0 amide bonds. The number of esters is 1. The first-order valence-electron chi connectivity index (χ1n) is 4.29. The van der Waals surface area contributed by atoms with Gasteiger partial charge in [-0.05, 0) is 6.42 Å². The Kier molecular flexibility index (Phi) is 5.65. The molecule has 0 fully saturated rings. The van der Waals surface area contributed by atoms with Gasteiger partial charge in [0.15, 0.2) is 0 Å². The Bertz CT molecular complexity index is 264. The fourth-order valence-electron chi connectivity index (χ4n) is 0.752. The maximum atomic E-state index is 11.9. The van der Waals surface area contributed by atoms with E-state index in [4.69, 9.17) is 4.52 Å². The van der Waals surface area contributed by atoms with E-state index in [-0.39, 0.29) is 5.66 Å². The number of ether oxygens (including phenoxy) is 1. The number of hydrogen-bond acceptors (Lipinski definition) is 4. The van der Waals surface area contributed by atoms with Crippen molar-refractivity contribution in [2.75, 3.05) is 14.2 Å². The first-order chi connectivity index (χ1) is 6.50. The summed E-state index contributed by atoms with van der Waals surface area (Å²) in [5.74, 6) is -0.634. The lowest BCUT2D eigenvalue weighted by Gasteiger charge is -2.16. The molecule has 0 N–H and O–H groups in total. The first kappa shape index (κ1) is 13.3. The minimum Gasteiger partial charge on any atom is -0.465 e. The second-order valence-corrected chi connectivity index (χ2v) is 5.38. The Morgan fingerprint density at radius 1 is 1.57 bits per heavy atom. The van der Waals surface area contributed by atoms with Gasteiger partial charge in [-0.3, -0.25) is 4.57 Å². The van der Waals surface area contributed by atoms with Crippen molar-refractivity contribution in [1.82, 2.24) is 0 Å². The second-order valence-electron chi connectivity index (χ2n) is 2.77. The van der Waals surface area contributed by atoms with Crippen molar-refractivity contribution in [2.24, 2.45) is 4.76 Å². The number of carbonyl (C=O) groups excluding carboxylic acids is 1. The van der Waals surface area contributed by atoms with Crippen LogP contribution in [0.15, 0.2) is 4.76 Å². The molecule has 0 aromatic carbocycles. The molecule has 0 aliphatic carbocycles. The predicted molar refractivity (Wildman–Crippen MR) is 54.9 cm³/mol. The van der Waals surface area contributed by atoms with Crippen LogP contribution in [0.1, 0.15) is 20.3 Å². The molecule has 0 spiro atoms. The molecule has 0 aliphatic rings. The minimum atomic E-state index is -3.09. The molecule has 0 bridgehead atoms. The summed E-state index contributed by atoms with van der Waals surface area (Å²) in [4.78, 5) is 10.7. The molecule has 6 heteroatoms. The van der Waals surface area contributed by atoms with Crippen LogP contribution < -0.4 is 0 Å². The van der Waals surface area contributed by atoms with E-state index in [1.165, 1.54) is 14.2 Å². The minimum absolute atomic E-state index is 0.201. The maximum absolute atomic E-state index is 11.9. The molecule has 82 valence electrons. The summed E-state index contributed by atoms with van der Waals surface area (Å²) >= 11 is 0. The predicted octanol–water partition coefficient (Wildman–Crippen LogP) is 1.87. The quantitative estimate of drug-likeness (QED) is 0.404. The third-order valence-electron chi connectivity index (χ3n) is 1.93. The lowest BCUT2D eigenvalue weighted by molar-refractivity contribution is -0.132. The lowest BCUT2D eigenvalue weighted by atomic mass is 10.4. The number of rotatable bonds is 5. The van der Waals surface area contributed by atoms with Crippen molar-refractivity contribution in [3.63, 3.8) is 0 Å². The van der Waals surface area contributed by atoms with Gasteiger partial charge in [0.2, 0.25) is 0 Å². The molecular weight excluding hydrogens is 205 g/mol. The number of nitrogens with zero attached hydrogens (tertiary/aromatic N) is 1. The average molecular weight is 221 g/mol. The van der Waals surface area contributed by atoms with Gasteiger partial charge in [-0.15, -0.1) is 0 Å². The standard InChI is InChI=1S/C8H16NO4P/c1-5-7(2)14(11,13-4)9-6-8(10)12-3/h6-7H,5H2,1-4H3. The van der Waals surface area contributed by atoms with Crippen molar-refractivity contribution in [3.8, 4) is 0 Å². The molecule has 0 aliphatic heterocycles. The zero-order valence-electron chi connectivity index (χ0n) is 8.89. The summed E-state index contributed by atoms with van der Waals surface area (Å²) in [6.45, 7) is 3.64. The highest BCUT2D eigenvalue weighted by molar-refractivity contribution is 7.58. The van der Waals surface area contributed by atoms with Crippen LogP contribution >= 0.6 is 7.52 Å². The van der Waals surface area contributed by atoms with Crippen molar-refractivity contribution in [2.45, 2.75) is 25.9 Å². The van der Waals surface area contributed by atoms with Crippen molar-refractivity contribution in [1.29, 1.82) is 0 Å². The van der Waals surface area contributed by atoms with E-state index in [0.29, 0.717) is 6.42 Å². The van der Waals surface area contributed by atoms with Crippen LogP contribution in [0.2, 0.25) is 0 Å². The molecule has 0 aromatic rings. The van der Waals surface area contributed by atoms with Gasteiger partial charge in [-0.1, -0.05) is 13.8 Å². The van der Waals surface area contributed by atoms with Crippen LogP contribution in [0.25, 0.3) is 0 Å². The van der Waals surface area contributed by atoms with E-state index in [0.717, 1.165) is 6.21 Å². The van der Waals surface area contributed by atoms with Gasteiger partial charge in [0.1, 0.15) is 6.21 Å². The molecule has 0 saturated heterocycles. The molecule has 5 nitrogen and oxygen atoms in total. The van der Waals surface area contributed by atoms with Crippen LogP contribution in [0.4, 0.5) is 0 Å². The van der Waals surface area contributed by atoms with Crippen LogP contribution in [0.5, 0.6) is 0 Å². The van der Waals surface area contributed by atoms with E-state index >= 15 is 0 Å². The smallest absolute Gasteiger partial charge is 0.349 e. The van der Waals surface area contributed by atoms with Crippen molar-refractivity contribution >= 4 is 19.7 Å². The Hall–Kier alpha value is -0.670. The normalized spacial score (nSPS) is 17.7. The summed E-state index contributed by atoms with van der Waals surface area (Å²) in [5, 5.41) is 0. The van der Waals surface area contributed by atoms with Gasteiger partial charge < -0.3 is 9.26 Å². The summed E-state index contributed by atoms with van der Waals surface area (Å²) in [5.41, 5.74) is -0.201. The first-order valence-corrected chi connectivity index (χ1v) is 5.93. The zero-order chi connectivity index (χ0) is 11.2. The van der Waals surface area contributed by atoms with E-state index in [1.807, 2.05) is 6.92 Å². The Labute approximate surface area is 84.0 Å². The van der Waals surface area contributed by atoms with Crippen molar-refractivity contribution < 1.29 is 18.6 Å². The molecule has 0 aromatic heterocycles. The van der Waals surface area contributed by atoms with Gasteiger partial charge in [0, 0.05) is 7.11 Å². The number of methoxy groups -OCH3 is 1. The maximum Gasteiger partial charge on any atom is 0.349 e. The van der Waals surface area contributed by atoms with E-state index < -0.39 is 13.5 Å². The molecular formula is C8H16NO4P. The van der Waals surface area contributed by atoms with E-state index in [2.05, 4.69) is 9.50 Å². The third kappa shape index (κ3) is 3.60. The van der Waals surface area contributed by atoms with Crippen LogP contribution in [-0.4, -0.2) is 32.1 Å².